The summed E-state index contributed by atoms with van der Waals surface area (Å²) in [6.07, 6.45) is 8.78. The van der Waals surface area contributed by atoms with Crippen LogP contribution in [0.15, 0.2) is 0 Å². The topological polar surface area (TPSA) is 9.23 Å². The van der Waals surface area contributed by atoms with E-state index in [4.69, 9.17) is 4.74 Å². The third kappa shape index (κ3) is 3.52. The summed E-state index contributed by atoms with van der Waals surface area (Å²) in [5.74, 6) is 0. The third-order valence-corrected chi connectivity index (χ3v) is 1.83. The molecule has 0 N–H and O–H groups in total. The molecule has 54 valence electrons. The van der Waals surface area contributed by atoms with Gasteiger partial charge >= 0.3 is 0 Å². The monoisotopic (exact) mass is 128 g/mol. The Morgan fingerprint density at radius 2 is 0.778 bits per heavy atom. The molecule has 9 heavy (non-hydrogen) atoms. The lowest BCUT2D eigenvalue weighted by atomic mass is 10.4. The van der Waals surface area contributed by atoms with Gasteiger partial charge < -0.3 is 4.74 Å². The summed E-state index contributed by atoms with van der Waals surface area (Å²) in [5, 5.41) is 0. The van der Waals surface area contributed by atoms with Gasteiger partial charge in [-0.25, -0.2) is 0 Å². The molecule has 0 spiro atoms. The van der Waals surface area contributed by atoms with Crippen molar-refractivity contribution in [2.24, 2.45) is 0 Å². The van der Waals surface area contributed by atoms with Crippen LogP contribution in [0, 0.1) is 0 Å². The van der Waals surface area contributed by atoms with Gasteiger partial charge in [0.15, 0.2) is 0 Å². The lowest BCUT2D eigenvalue weighted by Gasteiger charge is -2.09. The van der Waals surface area contributed by atoms with Gasteiger partial charge in [0.2, 0.25) is 0 Å². The van der Waals surface area contributed by atoms with Gasteiger partial charge in [0.1, 0.15) is 0 Å². The molecule has 0 bridgehead atoms. The molecule has 2 rings (SSSR count). The zero-order valence-electron chi connectivity index (χ0n) is 6.07. The third-order valence-electron chi connectivity index (χ3n) is 1.83. The first-order valence-corrected chi connectivity index (χ1v) is 4.08. The Kier molecular flexibility index (Phi) is 3.77. The van der Waals surface area contributed by atoms with Crippen LogP contribution >= 0.6 is 0 Å². The van der Waals surface area contributed by atoms with Crippen molar-refractivity contribution in [2.45, 2.75) is 38.5 Å². The van der Waals surface area contributed by atoms with Crippen molar-refractivity contribution in [3.05, 3.63) is 0 Å². The van der Waals surface area contributed by atoms with Gasteiger partial charge in [-0.15, -0.1) is 0 Å². The Hall–Kier alpha value is -0.0400. The standard InChI is InChI=1S/C5H10.C3H6O/c1-2-4-5-3-1;1-2-4-3-1/h1-5H2;1-3H2. The molecule has 1 saturated carbocycles. The van der Waals surface area contributed by atoms with Crippen LogP contribution in [0.1, 0.15) is 38.5 Å². The molecule has 0 unspecified atom stereocenters. The highest BCUT2D eigenvalue weighted by Crippen LogP contribution is 2.15. The molecule has 1 aliphatic carbocycles. The van der Waals surface area contributed by atoms with Crippen molar-refractivity contribution >= 4 is 0 Å². The fourth-order valence-electron chi connectivity index (χ4n) is 1.03. The Bertz CT molecular complexity index is 42.0. The second-order valence-corrected chi connectivity index (χ2v) is 2.73. The van der Waals surface area contributed by atoms with Crippen LogP contribution in [0.2, 0.25) is 0 Å². The van der Waals surface area contributed by atoms with Gasteiger partial charge in [0.25, 0.3) is 0 Å². The maximum Gasteiger partial charge on any atom is 0.0488 e. The molecule has 0 aromatic heterocycles. The smallest absolute Gasteiger partial charge is 0.0488 e. The first-order chi connectivity index (χ1) is 4.50. The lowest BCUT2D eigenvalue weighted by molar-refractivity contribution is 0.0367. The largest absolute Gasteiger partial charge is 0.381 e. The normalized spacial score (nSPS) is 24.0. The predicted molar refractivity (Wildman–Crippen MR) is 38.5 cm³/mol. The van der Waals surface area contributed by atoms with E-state index in [0.717, 1.165) is 13.2 Å². The minimum absolute atomic E-state index is 1.00. The van der Waals surface area contributed by atoms with Crippen molar-refractivity contribution in [3.63, 3.8) is 0 Å². The molecule has 2 fully saturated rings. The molecule has 0 amide bonds. The average Bonchev–Trinajstić information content (AvgIpc) is 2.07. The molecule has 2 aliphatic rings. The molecular formula is C8H16O. The summed E-state index contributed by atoms with van der Waals surface area (Å²) in [6.45, 7) is 2.00. The lowest BCUT2D eigenvalue weighted by Crippen LogP contribution is -2.09. The first kappa shape index (κ1) is 7.07. The maximum atomic E-state index is 4.72. The summed E-state index contributed by atoms with van der Waals surface area (Å²) in [5.41, 5.74) is 0. The minimum atomic E-state index is 1.00. The van der Waals surface area contributed by atoms with Gasteiger partial charge in [-0.05, 0) is 6.42 Å². The van der Waals surface area contributed by atoms with Crippen molar-refractivity contribution in [2.75, 3.05) is 13.2 Å². The van der Waals surface area contributed by atoms with E-state index >= 15 is 0 Å². The fraction of sp³-hybridized carbons (Fsp3) is 1.00. The van der Waals surface area contributed by atoms with Gasteiger partial charge in [0.05, 0.1) is 0 Å². The highest BCUT2D eigenvalue weighted by molar-refractivity contribution is 4.51. The van der Waals surface area contributed by atoms with E-state index in [1.807, 2.05) is 0 Å². The van der Waals surface area contributed by atoms with Crippen LogP contribution in [0.25, 0.3) is 0 Å². The van der Waals surface area contributed by atoms with E-state index < -0.39 is 0 Å². The first-order valence-electron chi connectivity index (χ1n) is 4.08. The highest BCUT2D eigenvalue weighted by atomic mass is 16.5. The summed E-state index contributed by atoms with van der Waals surface area (Å²) in [4.78, 5) is 0. The van der Waals surface area contributed by atoms with Crippen LogP contribution < -0.4 is 0 Å². The van der Waals surface area contributed by atoms with E-state index in [1.54, 1.807) is 0 Å². The molecule has 1 heterocycles. The maximum absolute atomic E-state index is 4.72. The molecule has 0 aromatic carbocycles. The van der Waals surface area contributed by atoms with Gasteiger partial charge in [-0.2, -0.15) is 0 Å². The number of ether oxygens (including phenoxy) is 1. The van der Waals surface area contributed by atoms with E-state index in [-0.39, 0.29) is 0 Å². The summed E-state index contributed by atoms with van der Waals surface area (Å²) in [6, 6.07) is 0. The van der Waals surface area contributed by atoms with Gasteiger partial charge in [0, 0.05) is 13.2 Å². The number of hydrogen-bond donors (Lipinski definition) is 0. The van der Waals surface area contributed by atoms with Crippen molar-refractivity contribution in [1.82, 2.24) is 0 Å². The SMILES string of the molecule is C1CCCC1.C1COC1. The highest BCUT2D eigenvalue weighted by Gasteiger charge is 1.95. The van der Waals surface area contributed by atoms with E-state index in [1.165, 1.54) is 38.5 Å². The molecule has 0 radical (unpaired) electrons. The van der Waals surface area contributed by atoms with Gasteiger partial charge in [-0.1, -0.05) is 32.1 Å². The zero-order valence-corrected chi connectivity index (χ0v) is 6.07. The number of rotatable bonds is 0. The zero-order chi connectivity index (χ0) is 6.36. The Morgan fingerprint density at radius 1 is 0.556 bits per heavy atom. The van der Waals surface area contributed by atoms with Crippen LogP contribution in [0.5, 0.6) is 0 Å². The molecule has 0 atom stereocenters. The van der Waals surface area contributed by atoms with Crippen molar-refractivity contribution in [3.8, 4) is 0 Å². The van der Waals surface area contributed by atoms with E-state index in [9.17, 15) is 0 Å². The van der Waals surface area contributed by atoms with E-state index in [0.29, 0.717) is 0 Å². The Balaban J connectivity index is 0.0000000922. The van der Waals surface area contributed by atoms with Crippen molar-refractivity contribution < 1.29 is 4.74 Å². The minimum Gasteiger partial charge on any atom is -0.381 e. The summed E-state index contributed by atoms with van der Waals surface area (Å²) >= 11 is 0. The van der Waals surface area contributed by atoms with Crippen molar-refractivity contribution in [1.29, 1.82) is 0 Å². The summed E-state index contributed by atoms with van der Waals surface area (Å²) < 4.78 is 4.72. The summed E-state index contributed by atoms with van der Waals surface area (Å²) in [7, 11) is 0. The number of hydrogen-bond acceptors (Lipinski definition) is 1. The van der Waals surface area contributed by atoms with Crippen LogP contribution in [-0.2, 0) is 4.74 Å². The van der Waals surface area contributed by atoms with Crippen LogP contribution in [-0.4, -0.2) is 13.2 Å². The second kappa shape index (κ2) is 4.80. The predicted octanol–water partition coefficient (Wildman–Crippen LogP) is 2.36. The Labute approximate surface area is 57.4 Å². The molecule has 1 saturated heterocycles. The van der Waals surface area contributed by atoms with Crippen LogP contribution in [0.3, 0.4) is 0 Å². The molecule has 1 heteroatoms. The van der Waals surface area contributed by atoms with Gasteiger partial charge in [-0.3, -0.25) is 0 Å². The second-order valence-electron chi connectivity index (χ2n) is 2.73. The van der Waals surface area contributed by atoms with Crippen LogP contribution in [0.4, 0.5) is 0 Å². The molecule has 1 nitrogen and oxygen atoms in total. The Morgan fingerprint density at radius 3 is 0.889 bits per heavy atom. The fourth-order valence-corrected chi connectivity index (χ4v) is 1.03. The molecule has 0 aromatic rings. The molecule has 1 aliphatic heterocycles. The average molecular weight is 128 g/mol. The van der Waals surface area contributed by atoms with E-state index in [2.05, 4.69) is 0 Å². The quantitative estimate of drug-likeness (QED) is 0.486. The molecular weight excluding hydrogens is 112 g/mol.